The maximum Gasteiger partial charge on any atom is 0.225 e. The van der Waals surface area contributed by atoms with Gasteiger partial charge in [-0.2, -0.15) is 0 Å². The van der Waals surface area contributed by atoms with Crippen molar-refractivity contribution in [2.45, 2.75) is 25.8 Å². The first-order valence-corrected chi connectivity index (χ1v) is 9.77. The predicted molar refractivity (Wildman–Crippen MR) is 104 cm³/mol. The Balaban J connectivity index is 1.37. The molecule has 0 radical (unpaired) electrons. The minimum Gasteiger partial charge on any atom is -0.378 e. The third-order valence-corrected chi connectivity index (χ3v) is 5.58. The van der Waals surface area contributed by atoms with Crippen LogP contribution in [0.4, 0.5) is 5.95 Å². The zero-order valence-electron chi connectivity index (χ0n) is 15.2. The maximum absolute atomic E-state index is 12.6. The number of hydrogen-bond acceptors (Lipinski definition) is 5. The molecule has 0 saturated carbocycles. The fraction of sp³-hybridized carbons (Fsp3) is 0.450. The summed E-state index contributed by atoms with van der Waals surface area (Å²) in [5.74, 6) is 0.800. The third-order valence-electron chi connectivity index (χ3n) is 5.21. The molecular formula is C20H23ClN4O2. The molecule has 1 amide bonds. The molecule has 1 aliphatic heterocycles. The molecule has 7 heteroatoms. The van der Waals surface area contributed by atoms with E-state index in [2.05, 4.69) is 15.2 Å². The fourth-order valence-electron chi connectivity index (χ4n) is 3.60. The number of nitrogens with one attached hydrogen (secondary N) is 1. The number of amides is 1. The molecule has 1 fully saturated rings. The normalized spacial score (nSPS) is 19.4. The first-order chi connectivity index (χ1) is 13.2. The van der Waals surface area contributed by atoms with E-state index in [0.29, 0.717) is 31.2 Å². The Morgan fingerprint density at radius 2 is 2.11 bits per heavy atom. The molecule has 1 aliphatic carbocycles. The highest BCUT2D eigenvalue weighted by Gasteiger charge is 2.27. The van der Waals surface area contributed by atoms with Crippen LogP contribution in [0, 0.1) is 5.92 Å². The van der Waals surface area contributed by atoms with Crippen LogP contribution >= 0.6 is 11.6 Å². The minimum absolute atomic E-state index is 0.0437. The van der Waals surface area contributed by atoms with Crippen molar-refractivity contribution in [1.82, 2.24) is 15.3 Å². The van der Waals surface area contributed by atoms with Crippen LogP contribution in [0.25, 0.3) is 0 Å². The van der Waals surface area contributed by atoms with Gasteiger partial charge in [0.1, 0.15) is 0 Å². The van der Waals surface area contributed by atoms with Crippen molar-refractivity contribution in [2.24, 2.45) is 5.92 Å². The van der Waals surface area contributed by atoms with Gasteiger partial charge in [0.2, 0.25) is 11.9 Å². The summed E-state index contributed by atoms with van der Waals surface area (Å²) in [5, 5.41) is 3.69. The van der Waals surface area contributed by atoms with Crippen molar-refractivity contribution in [3.05, 3.63) is 52.3 Å². The Morgan fingerprint density at radius 1 is 1.30 bits per heavy atom. The topological polar surface area (TPSA) is 67.4 Å². The Morgan fingerprint density at radius 3 is 2.93 bits per heavy atom. The van der Waals surface area contributed by atoms with E-state index in [1.165, 1.54) is 0 Å². The summed E-state index contributed by atoms with van der Waals surface area (Å²) in [6.07, 6.45) is 4.19. The molecule has 1 aromatic carbocycles. The molecule has 2 aromatic rings. The standard InChI is InChI=1S/C20H23ClN4O2/c21-17-4-2-1-3-15(17)12-22-19(26)14-5-6-18-16(11-14)13-23-20(24-18)25-7-9-27-10-8-25/h1-4,13-14H,5-12H2,(H,22,26)/t14-/m1/s1. The van der Waals surface area contributed by atoms with Crippen LogP contribution in [0.3, 0.4) is 0 Å². The Bertz CT molecular complexity index is 823. The van der Waals surface area contributed by atoms with E-state index in [0.717, 1.165) is 48.7 Å². The summed E-state index contributed by atoms with van der Waals surface area (Å²) in [7, 11) is 0. The van der Waals surface area contributed by atoms with Gasteiger partial charge in [-0.1, -0.05) is 29.8 Å². The summed E-state index contributed by atoms with van der Waals surface area (Å²) in [5.41, 5.74) is 3.08. The van der Waals surface area contributed by atoms with Crippen LogP contribution in [0.1, 0.15) is 23.2 Å². The molecule has 0 unspecified atom stereocenters. The average Bonchev–Trinajstić information content (AvgIpc) is 2.73. The number of anilines is 1. The summed E-state index contributed by atoms with van der Waals surface area (Å²) >= 11 is 6.16. The van der Waals surface area contributed by atoms with E-state index in [9.17, 15) is 4.79 Å². The Kier molecular flexibility index (Phi) is 5.55. The molecular weight excluding hydrogens is 364 g/mol. The molecule has 0 bridgehead atoms. The lowest BCUT2D eigenvalue weighted by atomic mass is 9.86. The van der Waals surface area contributed by atoms with Crippen LogP contribution in [0.5, 0.6) is 0 Å². The van der Waals surface area contributed by atoms with Crippen LogP contribution in [0.15, 0.2) is 30.5 Å². The Labute approximate surface area is 163 Å². The first kappa shape index (κ1) is 18.2. The second-order valence-electron chi connectivity index (χ2n) is 6.99. The number of carbonyl (C=O) groups excluding carboxylic acids is 1. The molecule has 1 aromatic heterocycles. The van der Waals surface area contributed by atoms with Gasteiger partial charge in [0.25, 0.3) is 0 Å². The van der Waals surface area contributed by atoms with E-state index in [4.69, 9.17) is 21.3 Å². The van der Waals surface area contributed by atoms with E-state index in [1.807, 2.05) is 30.5 Å². The summed E-state index contributed by atoms with van der Waals surface area (Å²) in [6, 6.07) is 7.58. The second kappa shape index (κ2) is 8.23. The van der Waals surface area contributed by atoms with Crippen molar-refractivity contribution in [2.75, 3.05) is 31.2 Å². The van der Waals surface area contributed by atoms with Crippen molar-refractivity contribution in [3.63, 3.8) is 0 Å². The number of fused-ring (bicyclic) bond motifs is 1. The summed E-state index contributed by atoms with van der Waals surface area (Å²) in [6.45, 7) is 3.54. The Hall–Kier alpha value is -2.18. The maximum atomic E-state index is 12.6. The number of nitrogens with zero attached hydrogens (tertiary/aromatic N) is 3. The lowest BCUT2D eigenvalue weighted by Crippen LogP contribution is -2.38. The van der Waals surface area contributed by atoms with E-state index in [-0.39, 0.29) is 11.8 Å². The van der Waals surface area contributed by atoms with Crippen LogP contribution < -0.4 is 10.2 Å². The van der Waals surface area contributed by atoms with Crippen molar-refractivity contribution in [3.8, 4) is 0 Å². The highest BCUT2D eigenvalue weighted by Crippen LogP contribution is 2.26. The summed E-state index contributed by atoms with van der Waals surface area (Å²) in [4.78, 5) is 24.0. The SMILES string of the molecule is O=C(NCc1ccccc1Cl)[C@@H]1CCc2nc(N3CCOCC3)ncc2C1. The van der Waals surface area contributed by atoms with Gasteiger partial charge in [-0.05, 0) is 36.5 Å². The smallest absolute Gasteiger partial charge is 0.225 e. The molecule has 1 saturated heterocycles. The van der Waals surface area contributed by atoms with Gasteiger partial charge in [0.15, 0.2) is 0 Å². The molecule has 2 heterocycles. The number of carbonyl (C=O) groups is 1. The van der Waals surface area contributed by atoms with Crippen LogP contribution in [0.2, 0.25) is 5.02 Å². The molecule has 1 atom stereocenters. The second-order valence-corrected chi connectivity index (χ2v) is 7.40. The molecule has 0 spiro atoms. The number of aromatic nitrogens is 2. The fourth-order valence-corrected chi connectivity index (χ4v) is 3.81. The van der Waals surface area contributed by atoms with E-state index >= 15 is 0 Å². The number of rotatable bonds is 4. The van der Waals surface area contributed by atoms with Crippen LogP contribution in [-0.2, 0) is 28.9 Å². The van der Waals surface area contributed by atoms with Crippen LogP contribution in [-0.4, -0.2) is 42.2 Å². The lowest BCUT2D eigenvalue weighted by Gasteiger charge is -2.28. The highest BCUT2D eigenvalue weighted by atomic mass is 35.5. The monoisotopic (exact) mass is 386 g/mol. The van der Waals surface area contributed by atoms with Gasteiger partial charge in [0.05, 0.1) is 13.2 Å². The van der Waals surface area contributed by atoms with Crippen molar-refractivity contribution < 1.29 is 9.53 Å². The van der Waals surface area contributed by atoms with Crippen molar-refractivity contribution in [1.29, 1.82) is 0 Å². The van der Waals surface area contributed by atoms with Crippen molar-refractivity contribution >= 4 is 23.5 Å². The number of halogens is 1. The largest absolute Gasteiger partial charge is 0.378 e. The molecule has 142 valence electrons. The molecule has 27 heavy (non-hydrogen) atoms. The predicted octanol–water partition coefficient (Wildman–Crippen LogP) is 2.39. The van der Waals surface area contributed by atoms with Gasteiger partial charge in [0, 0.05) is 42.5 Å². The molecule has 6 nitrogen and oxygen atoms in total. The molecule has 2 aliphatic rings. The average molecular weight is 387 g/mol. The molecule has 1 N–H and O–H groups in total. The zero-order valence-corrected chi connectivity index (χ0v) is 15.9. The number of hydrogen-bond donors (Lipinski definition) is 1. The van der Waals surface area contributed by atoms with Gasteiger partial charge < -0.3 is 15.0 Å². The number of ether oxygens (including phenoxy) is 1. The lowest BCUT2D eigenvalue weighted by molar-refractivity contribution is -0.125. The van der Waals surface area contributed by atoms with Gasteiger partial charge >= 0.3 is 0 Å². The first-order valence-electron chi connectivity index (χ1n) is 9.39. The van der Waals surface area contributed by atoms with Gasteiger partial charge in [-0.3, -0.25) is 4.79 Å². The van der Waals surface area contributed by atoms with Gasteiger partial charge in [-0.25, -0.2) is 9.97 Å². The number of aryl methyl sites for hydroxylation is 1. The third kappa shape index (κ3) is 4.22. The highest BCUT2D eigenvalue weighted by molar-refractivity contribution is 6.31. The van der Waals surface area contributed by atoms with Gasteiger partial charge in [-0.15, -0.1) is 0 Å². The zero-order chi connectivity index (χ0) is 18.6. The minimum atomic E-state index is -0.0437. The number of morpholine rings is 1. The van der Waals surface area contributed by atoms with E-state index in [1.54, 1.807) is 0 Å². The number of benzene rings is 1. The van der Waals surface area contributed by atoms with E-state index < -0.39 is 0 Å². The molecule has 4 rings (SSSR count). The quantitative estimate of drug-likeness (QED) is 0.873. The summed E-state index contributed by atoms with van der Waals surface area (Å²) < 4.78 is 5.39.